The van der Waals surface area contributed by atoms with E-state index < -0.39 is 0 Å². The van der Waals surface area contributed by atoms with Gasteiger partial charge in [-0.15, -0.1) is 0 Å². The Labute approximate surface area is 106 Å². The lowest BCUT2D eigenvalue weighted by atomic mass is 9.98. The van der Waals surface area contributed by atoms with Gasteiger partial charge in [-0.2, -0.15) is 0 Å². The normalized spacial score (nSPS) is 20.9. The van der Waals surface area contributed by atoms with Crippen LogP contribution in [0.4, 0.5) is 0 Å². The summed E-state index contributed by atoms with van der Waals surface area (Å²) in [4.78, 5) is 13.9. The van der Waals surface area contributed by atoms with E-state index in [2.05, 4.69) is 19.8 Å². The lowest BCUT2D eigenvalue weighted by molar-refractivity contribution is -0.150. The van der Waals surface area contributed by atoms with Crippen molar-refractivity contribution in [3.63, 3.8) is 0 Å². The van der Waals surface area contributed by atoms with Crippen LogP contribution in [0.1, 0.15) is 31.2 Å². The van der Waals surface area contributed by atoms with E-state index in [1.807, 2.05) is 13.8 Å². The van der Waals surface area contributed by atoms with Crippen molar-refractivity contribution in [2.45, 2.75) is 33.2 Å². The molecule has 1 aliphatic heterocycles. The zero-order chi connectivity index (χ0) is 13.0. The number of piperidine rings is 1. The highest BCUT2D eigenvalue weighted by molar-refractivity contribution is 5.72. The van der Waals surface area contributed by atoms with Crippen LogP contribution < -0.4 is 0 Å². The van der Waals surface area contributed by atoms with Gasteiger partial charge in [0.15, 0.2) is 0 Å². The quantitative estimate of drug-likeness (QED) is 0.750. The molecule has 100 valence electrons. The van der Waals surface area contributed by atoms with Gasteiger partial charge in [0.1, 0.15) is 11.4 Å². The summed E-state index contributed by atoms with van der Waals surface area (Å²) in [6, 6.07) is 0. The number of carbonyl (C=O) groups is 1. The van der Waals surface area contributed by atoms with E-state index in [-0.39, 0.29) is 11.9 Å². The zero-order valence-electron chi connectivity index (χ0n) is 10.9. The fourth-order valence-electron chi connectivity index (χ4n) is 2.26. The SMILES string of the molecule is CCOC(=O)[C@@H]1CCCN(Cc2nonc2C)C1. The van der Waals surface area contributed by atoms with Crippen LogP contribution in [-0.4, -0.2) is 40.9 Å². The molecule has 1 fully saturated rings. The Bertz CT molecular complexity index is 405. The first-order chi connectivity index (χ1) is 8.70. The van der Waals surface area contributed by atoms with Crippen molar-refractivity contribution in [1.82, 2.24) is 15.2 Å². The van der Waals surface area contributed by atoms with Gasteiger partial charge in [-0.05, 0) is 33.2 Å². The van der Waals surface area contributed by atoms with Gasteiger partial charge >= 0.3 is 5.97 Å². The van der Waals surface area contributed by atoms with Gasteiger partial charge in [0.2, 0.25) is 0 Å². The van der Waals surface area contributed by atoms with Gasteiger partial charge in [0, 0.05) is 13.1 Å². The Morgan fingerprint density at radius 3 is 3.06 bits per heavy atom. The second-order valence-corrected chi connectivity index (χ2v) is 4.62. The number of ether oxygens (including phenoxy) is 1. The summed E-state index contributed by atoms with van der Waals surface area (Å²) in [5.41, 5.74) is 1.66. The third kappa shape index (κ3) is 3.07. The van der Waals surface area contributed by atoms with Crippen LogP contribution in [0.5, 0.6) is 0 Å². The summed E-state index contributed by atoms with van der Waals surface area (Å²) in [5, 5.41) is 7.63. The van der Waals surface area contributed by atoms with E-state index in [0.717, 1.165) is 37.3 Å². The molecule has 6 nitrogen and oxygen atoms in total. The Morgan fingerprint density at radius 2 is 2.39 bits per heavy atom. The lowest BCUT2D eigenvalue weighted by Gasteiger charge is -2.30. The molecule has 0 unspecified atom stereocenters. The van der Waals surface area contributed by atoms with Crippen LogP contribution in [0.25, 0.3) is 0 Å². The maximum atomic E-state index is 11.7. The predicted octanol–water partition coefficient (Wildman–Crippen LogP) is 1.15. The van der Waals surface area contributed by atoms with Gasteiger partial charge in [0.05, 0.1) is 12.5 Å². The molecule has 1 aromatic heterocycles. The largest absolute Gasteiger partial charge is 0.466 e. The molecule has 1 aromatic rings. The van der Waals surface area contributed by atoms with Crippen molar-refractivity contribution >= 4 is 5.97 Å². The van der Waals surface area contributed by atoms with E-state index in [9.17, 15) is 4.79 Å². The summed E-state index contributed by atoms with van der Waals surface area (Å²) >= 11 is 0. The smallest absolute Gasteiger partial charge is 0.310 e. The van der Waals surface area contributed by atoms with E-state index in [1.54, 1.807) is 0 Å². The predicted molar refractivity (Wildman–Crippen MR) is 63.7 cm³/mol. The van der Waals surface area contributed by atoms with Crippen LogP contribution in [0.3, 0.4) is 0 Å². The second-order valence-electron chi connectivity index (χ2n) is 4.62. The molecule has 0 aromatic carbocycles. The van der Waals surface area contributed by atoms with Crippen molar-refractivity contribution in [2.24, 2.45) is 5.92 Å². The number of aromatic nitrogens is 2. The molecule has 0 N–H and O–H groups in total. The molecule has 6 heteroatoms. The average Bonchev–Trinajstić information content (AvgIpc) is 2.76. The molecule has 2 rings (SSSR count). The molecule has 0 spiro atoms. The zero-order valence-corrected chi connectivity index (χ0v) is 10.9. The van der Waals surface area contributed by atoms with Crippen LogP contribution >= 0.6 is 0 Å². The number of hydrogen-bond donors (Lipinski definition) is 0. The summed E-state index contributed by atoms with van der Waals surface area (Å²) in [6.45, 7) is 6.54. The molecule has 0 bridgehead atoms. The van der Waals surface area contributed by atoms with Crippen molar-refractivity contribution < 1.29 is 14.2 Å². The number of rotatable bonds is 4. The minimum Gasteiger partial charge on any atom is -0.466 e. The number of aryl methyl sites for hydroxylation is 1. The van der Waals surface area contributed by atoms with E-state index >= 15 is 0 Å². The molecule has 18 heavy (non-hydrogen) atoms. The number of esters is 1. The Kier molecular flexibility index (Phi) is 4.30. The van der Waals surface area contributed by atoms with Crippen molar-refractivity contribution in [3.05, 3.63) is 11.4 Å². The Hall–Kier alpha value is -1.43. The molecule has 0 saturated carbocycles. The molecule has 0 amide bonds. The van der Waals surface area contributed by atoms with Gasteiger partial charge in [-0.3, -0.25) is 9.69 Å². The van der Waals surface area contributed by atoms with Gasteiger partial charge in [-0.25, -0.2) is 4.63 Å². The molecular weight excluding hydrogens is 234 g/mol. The third-order valence-corrected chi connectivity index (χ3v) is 3.25. The highest BCUT2D eigenvalue weighted by Gasteiger charge is 2.27. The number of hydrogen-bond acceptors (Lipinski definition) is 6. The maximum Gasteiger partial charge on any atom is 0.310 e. The van der Waals surface area contributed by atoms with E-state index in [0.29, 0.717) is 13.2 Å². The van der Waals surface area contributed by atoms with Crippen LogP contribution in [0.15, 0.2) is 4.63 Å². The molecule has 0 aliphatic carbocycles. The first-order valence-corrected chi connectivity index (χ1v) is 6.37. The first-order valence-electron chi connectivity index (χ1n) is 6.37. The van der Waals surface area contributed by atoms with Crippen LogP contribution in [0, 0.1) is 12.8 Å². The number of likely N-dealkylation sites (tertiary alicyclic amines) is 1. The van der Waals surface area contributed by atoms with Crippen molar-refractivity contribution in [1.29, 1.82) is 0 Å². The Morgan fingerprint density at radius 1 is 1.56 bits per heavy atom. The number of carbonyl (C=O) groups excluding carboxylic acids is 1. The molecule has 0 radical (unpaired) electrons. The van der Waals surface area contributed by atoms with Gasteiger partial charge in [-0.1, -0.05) is 10.3 Å². The second kappa shape index (κ2) is 5.95. The molecule has 1 atom stereocenters. The summed E-state index contributed by atoms with van der Waals surface area (Å²) in [5.74, 6) is -0.101. The van der Waals surface area contributed by atoms with Crippen molar-refractivity contribution in [2.75, 3.05) is 19.7 Å². The minimum absolute atomic E-state index is 0.0149. The fourth-order valence-corrected chi connectivity index (χ4v) is 2.26. The molecule has 1 aliphatic rings. The molecule has 1 saturated heterocycles. The van der Waals surface area contributed by atoms with Gasteiger partial charge in [0.25, 0.3) is 0 Å². The standard InChI is InChI=1S/C12H19N3O3/c1-3-17-12(16)10-5-4-6-15(7-10)8-11-9(2)13-18-14-11/h10H,3-8H2,1-2H3/t10-/m1/s1. The number of nitrogens with zero attached hydrogens (tertiary/aromatic N) is 3. The van der Waals surface area contributed by atoms with Crippen molar-refractivity contribution in [3.8, 4) is 0 Å². The highest BCUT2D eigenvalue weighted by Crippen LogP contribution is 2.19. The molecule has 2 heterocycles. The topological polar surface area (TPSA) is 68.5 Å². The summed E-state index contributed by atoms with van der Waals surface area (Å²) in [7, 11) is 0. The van der Waals surface area contributed by atoms with Gasteiger partial charge < -0.3 is 4.74 Å². The average molecular weight is 253 g/mol. The first kappa shape index (κ1) is 13.0. The highest BCUT2D eigenvalue weighted by atomic mass is 16.6. The maximum absolute atomic E-state index is 11.7. The Balaban J connectivity index is 1.91. The summed E-state index contributed by atoms with van der Waals surface area (Å²) in [6.07, 6.45) is 1.92. The monoisotopic (exact) mass is 253 g/mol. The third-order valence-electron chi connectivity index (χ3n) is 3.25. The van der Waals surface area contributed by atoms with Crippen LogP contribution in [-0.2, 0) is 16.1 Å². The summed E-state index contributed by atoms with van der Waals surface area (Å²) < 4.78 is 9.76. The van der Waals surface area contributed by atoms with E-state index in [4.69, 9.17) is 4.74 Å². The fraction of sp³-hybridized carbons (Fsp3) is 0.750. The van der Waals surface area contributed by atoms with Crippen LogP contribution in [0.2, 0.25) is 0 Å². The molecular formula is C12H19N3O3. The minimum atomic E-state index is -0.0859. The lowest BCUT2D eigenvalue weighted by Crippen LogP contribution is -2.39. The van der Waals surface area contributed by atoms with E-state index in [1.165, 1.54) is 0 Å².